The Labute approximate surface area is 109 Å². The van der Waals surface area contributed by atoms with Crippen LogP contribution in [-0.2, 0) is 10.0 Å². The Morgan fingerprint density at radius 2 is 2.05 bits per heavy atom. The van der Waals surface area contributed by atoms with E-state index in [9.17, 15) is 12.8 Å². The van der Waals surface area contributed by atoms with Crippen molar-refractivity contribution in [1.29, 1.82) is 0 Å². The van der Waals surface area contributed by atoms with Gasteiger partial charge in [0.1, 0.15) is 10.6 Å². The van der Waals surface area contributed by atoms with Crippen molar-refractivity contribution in [3.05, 3.63) is 35.4 Å². The molecule has 0 fully saturated rings. The molecule has 19 heavy (non-hydrogen) atoms. The molecule has 0 saturated carbocycles. The first-order chi connectivity index (χ1) is 8.81. The monoisotopic (exact) mass is 285 g/mol. The summed E-state index contributed by atoms with van der Waals surface area (Å²) in [5.41, 5.74) is 0.422. The quantitative estimate of drug-likeness (QED) is 0.748. The van der Waals surface area contributed by atoms with Crippen LogP contribution >= 0.6 is 0 Å². The lowest BCUT2D eigenvalue weighted by Gasteiger charge is -2.09. The maximum absolute atomic E-state index is 13.5. The minimum atomic E-state index is -3.93. The van der Waals surface area contributed by atoms with E-state index < -0.39 is 15.8 Å². The molecule has 8 heteroatoms. The van der Waals surface area contributed by atoms with Crippen molar-refractivity contribution >= 4 is 15.7 Å². The minimum absolute atomic E-state index is 0.0139. The van der Waals surface area contributed by atoms with Crippen LogP contribution < -0.4 is 4.72 Å². The number of benzene rings is 1. The first kappa shape index (κ1) is 13.3. The molecule has 0 unspecified atom stereocenters. The highest BCUT2D eigenvalue weighted by Gasteiger charge is 2.23. The van der Waals surface area contributed by atoms with Gasteiger partial charge in [0, 0.05) is 6.07 Å². The van der Waals surface area contributed by atoms with Gasteiger partial charge in [-0.25, -0.2) is 12.8 Å². The van der Waals surface area contributed by atoms with Crippen molar-refractivity contribution in [1.82, 2.24) is 10.2 Å². The van der Waals surface area contributed by atoms with E-state index in [1.807, 2.05) is 0 Å². The normalized spacial score (nSPS) is 11.5. The van der Waals surface area contributed by atoms with Gasteiger partial charge in [0.25, 0.3) is 10.0 Å². The third kappa shape index (κ3) is 2.53. The third-order valence-electron chi connectivity index (χ3n) is 2.53. The predicted octanol–water partition coefficient (Wildman–Crippen LogP) is 1.67. The number of anilines is 1. The summed E-state index contributed by atoms with van der Waals surface area (Å²) in [7, 11) is -3.93. The van der Waals surface area contributed by atoms with Gasteiger partial charge in [0.05, 0.1) is 17.1 Å². The number of H-pyrrole nitrogens is 1. The van der Waals surface area contributed by atoms with E-state index in [-0.39, 0.29) is 16.3 Å². The molecule has 2 aromatic rings. The maximum atomic E-state index is 13.5. The first-order valence-electron chi connectivity index (χ1n) is 5.34. The van der Waals surface area contributed by atoms with Crippen molar-refractivity contribution in [3.8, 4) is 5.75 Å². The van der Waals surface area contributed by atoms with Gasteiger partial charge in [-0.05, 0) is 26.0 Å². The lowest BCUT2D eigenvalue weighted by atomic mass is 10.3. The van der Waals surface area contributed by atoms with E-state index in [2.05, 4.69) is 14.9 Å². The second-order valence-corrected chi connectivity index (χ2v) is 5.65. The number of rotatable bonds is 3. The number of phenolic OH excluding ortho intramolecular Hbond substituents is 1. The number of nitrogens with zero attached hydrogens (tertiary/aromatic N) is 1. The molecule has 102 valence electrons. The molecule has 0 saturated heterocycles. The lowest BCUT2D eigenvalue weighted by molar-refractivity contribution is 0.469. The van der Waals surface area contributed by atoms with Crippen LogP contribution in [0.3, 0.4) is 0 Å². The predicted molar refractivity (Wildman–Crippen MR) is 66.9 cm³/mol. The molecule has 0 aliphatic carbocycles. The van der Waals surface area contributed by atoms with Gasteiger partial charge in [0.15, 0.2) is 5.82 Å². The summed E-state index contributed by atoms with van der Waals surface area (Å²) < 4.78 is 39.9. The molecule has 0 amide bonds. The average Bonchev–Trinajstić information content (AvgIpc) is 2.63. The molecule has 3 N–H and O–H groups in total. The van der Waals surface area contributed by atoms with E-state index in [1.54, 1.807) is 6.92 Å². The number of aromatic amines is 1. The van der Waals surface area contributed by atoms with Crippen molar-refractivity contribution < 1.29 is 17.9 Å². The number of aromatic nitrogens is 2. The van der Waals surface area contributed by atoms with Gasteiger partial charge < -0.3 is 5.11 Å². The van der Waals surface area contributed by atoms with Gasteiger partial charge in [-0.2, -0.15) is 5.10 Å². The van der Waals surface area contributed by atoms with Crippen LogP contribution in [0.15, 0.2) is 23.1 Å². The Kier molecular flexibility index (Phi) is 3.19. The van der Waals surface area contributed by atoms with Crippen LogP contribution in [0.25, 0.3) is 0 Å². The summed E-state index contributed by atoms with van der Waals surface area (Å²) >= 11 is 0. The van der Waals surface area contributed by atoms with Gasteiger partial charge in [-0.3, -0.25) is 9.82 Å². The summed E-state index contributed by atoms with van der Waals surface area (Å²) in [6.07, 6.45) is 0. The highest BCUT2D eigenvalue weighted by Crippen LogP contribution is 2.24. The fourth-order valence-corrected chi connectivity index (χ4v) is 3.16. The number of halogens is 1. The molecule has 0 spiro atoms. The zero-order chi connectivity index (χ0) is 14.2. The maximum Gasteiger partial charge on any atom is 0.265 e. The number of aromatic hydroxyl groups is 1. The molecule has 6 nitrogen and oxygen atoms in total. The molecule has 1 heterocycles. The number of phenols is 1. The van der Waals surface area contributed by atoms with Gasteiger partial charge in [0.2, 0.25) is 0 Å². The lowest BCUT2D eigenvalue weighted by Crippen LogP contribution is -2.15. The number of hydrogen-bond donors (Lipinski definition) is 3. The number of nitrogens with one attached hydrogen (secondary N) is 2. The van der Waals surface area contributed by atoms with E-state index >= 15 is 0 Å². The number of aryl methyl sites for hydroxylation is 2. The first-order valence-corrected chi connectivity index (χ1v) is 6.82. The fraction of sp³-hybridized carbons (Fsp3) is 0.182. The molecule has 0 aliphatic rings. The Bertz CT molecular complexity index is 705. The van der Waals surface area contributed by atoms with Crippen molar-refractivity contribution in [3.63, 3.8) is 0 Å². The molecule has 2 rings (SSSR count). The fourth-order valence-electron chi connectivity index (χ4n) is 1.72. The van der Waals surface area contributed by atoms with Crippen molar-refractivity contribution in [2.75, 3.05) is 4.72 Å². The van der Waals surface area contributed by atoms with Crippen molar-refractivity contribution in [2.45, 2.75) is 18.7 Å². The Morgan fingerprint density at radius 1 is 1.37 bits per heavy atom. The van der Waals surface area contributed by atoms with Crippen molar-refractivity contribution in [2.24, 2.45) is 0 Å². The Balaban J connectivity index is 2.42. The van der Waals surface area contributed by atoms with Crippen LogP contribution in [-0.4, -0.2) is 23.7 Å². The minimum Gasteiger partial charge on any atom is -0.508 e. The van der Waals surface area contributed by atoms with Gasteiger partial charge >= 0.3 is 0 Å². The average molecular weight is 285 g/mol. The summed E-state index contributed by atoms with van der Waals surface area (Å²) in [6.45, 7) is 3.09. The molecule has 0 atom stereocenters. The SMILES string of the molecule is Cc1n[nH]c(C)c1S(=O)(=O)Nc1ccc(O)cc1F. The Hall–Kier alpha value is -2.09. The van der Waals surface area contributed by atoms with E-state index in [0.717, 1.165) is 12.1 Å². The van der Waals surface area contributed by atoms with Crippen LogP contribution in [0.5, 0.6) is 5.75 Å². The summed E-state index contributed by atoms with van der Waals surface area (Å²) in [4.78, 5) is -0.0139. The second-order valence-electron chi connectivity index (χ2n) is 4.03. The zero-order valence-electron chi connectivity index (χ0n) is 10.2. The Morgan fingerprint density at radius 3 is 2.58 bits per heavy atom. The van der Waals surface area contributed by atoms with Crippen LogP contribution in [0.2, 0.25) is 0 Å². The van der Waals surface area contributed by atoms with E-state index in [1.165, 1.54) is 13.0 Å². The standard InChI is InChI=1S/C11H12FN3O3S/c1-6-11(7(2)14-13-6)19(17,18)15-10-4-3-8(16)5-9(10)12/h3-5,15-16H,1-2H3,(H,13,14). The van der Waals surface area contributed by atoms with Crippen LogP contribution in [0.1, 0.15) is 11.4 Å². The molecule has 0 bridgehead atoms. The largest absolute Gasteiger partial charge is 0.508 e. The molecular weight excluding hydrogens is 273 g/mol. The highest BCUT2D eigenvalue weighted by molar-refractivity contribution is 7.92. The summed E-state index contributed by atoms with van der Waals surface area (Å²) in [6, 6.07) is 3.16. The van der Waals surface area contributed by atoms with E-state index in [4.69, 9.17) is 5.11 Å². The van der Waals surface area contributed by atoms with Gasteiger partial charge in [-0.1, -0.05) is 0 Å². The molecule has 0 aliphatic heterocycles. The number of sulfonamides is 1. The molecular formula is C11H12FN3O3S. The molecule has 1 aromatic carbocycles. The summed E-state index contributed by atoms with van der Waals surface area (Å²) in [5.74, 6) is -1.14. The smallest absolute Gasteiger partial charge is 0.265 e. The van der Waals surface area contributed by atoms with Crippen LogP contribution in [0, 0.1) is 19.7 Å². The third-order valence-corrected chi connectivity index (χ3v) is 4.15. The topological polar surface area (TPSA) is 95.1 Å². The molecule has 1 aromatic heterocycles. The molecule has 0 radical (unpaired) electrons. The summed E-state index contributed by atoms with van der Waals surface area (Å²) in [5, 5.41) is 15.4. The van der Waals surface area contributed by atoms with Crippen LogP contribution in [0.4, 0.5) is 10.1 Å². The highest BCUT2D eigenvalue weighted by atomic mass is 32.2. The van der Waals surface area contributed by atoms with Gasteiger partial charge in [-0.15, -0.1) is 0 Å². The zero-order valence-corrected chi connectivity index (χ0v) is 11.0. The number of hydrogen-bond acceptors (Lipinski definition) is 4. The second kappa shape index (κ2) is 4.54. The van der Waals surface area contributed by atoms with E-state index in [0.29, 0.717) is 11.4 Å².